The van der Waals surface area contributed by atoms with Crippen LogP contribution in [0, 0.1) is 50.2 Å². The van der Waals surface area contributed by atoms with E-state index in [1.165, 1.54) is 6.92 Å². The van der Waals surface area contributed by atoms with Gasteiger partial charge in [-0.15, -0.1) is 0 Å². The molecule has 5 aliphatic heterocycles. The molecule has 76 heavy (non-hydrogen) atoms. The zero-order valence-electron chi connectivity index (χ0n) is 44.7. The Kier molecular flexibility index (Phi) is 15.4. The Hall–Kier alpha value is -1.37. The summed E-state index contributed by atoms with van der Waals surface area (Å²) in [5.41, 5.74) is -3.49. The maximum atomic E-state index is 12.8. The van der Waals surface area contributed by atoms with Gasteiger partial charge in [0.2, 0.25) is 0 Å². The third-order valence-electron chi connectivity index (χ3n) is 22.5. The summed E-state index contributed by atoms with van der Waals surface area (Å²) >= 11 is 0. The maximum Gasteiger partial charge on any atom is 0.309 e. The lowest BCUT2D eigenvalue weighted by Gasteiger charge is -2.75. The van der Waals surface area contributed by atoms with E-state index < -0.39 is 182 Å². The molecule has 23 heteroatoms. The van der Waals surface area contributed by atoms with Crippen molar-refractivity contribution in [3.63, 3.8) is 0 Å². The fraction of sp³-hybridized carbons (Fsp3) is 0.981. The molecule has 5 aliphatic carbocycles. The van der Waals surface area contributed by atoms with Crippen LogP contribution in [0.1, 0.15) is 113 Å². The molecule has 10 aliphatic rings. The van der Waals surface area contributed by atoms with Crippen molar-refractivity contribution in [2.45, 2.75) is 247 Å². The Bertz CT molecular complexity index is 2100. The number of ether oxygens (including phenoxy) is 9. The molecule has 13 N–H and O–H groups in total. The van der Waals surface area contributed by atoms with Crippen molar-refractivity contribution in [3.8, 4) is 0 Å². The Morgan fingerprint density at radius 2 is 1.16 bits per heavy atom. The summed E-state index contributed by atoms with van der Waals surface area (Å²) in [6.45, 7) is 13.1. The Labute approximate surface area is 442 Å². The molecular formula is C53H86O23. The Balaban J connectivity index is 0.903. The van der Waals surface area contributed by atoms with E-state index in [0.717, 1.165) is 32.1 Å². The number of hydrogen-bond acceptors (Lipinski definition) is 22. The molecule has 0 amide bonds. The largest absolute Gasteiger partial charge is 0.481 e. The highest BCUT2D eigenvalue weighted by Gasteiger charge is 2.80. The van der Waals surface area contributed by atoms with Crippen LogP contribution in [0.15, 0.2) is 0 Å². The van der Waals surface area contributed by atoms with Crippen LogP contribution in [0.25, 0.3) is 0 Å². The van der Waals surface area contributed by atoms with E-state index >= 15 is 0 Å². The van der Waals surface area contributed by atoms with Gasteiger partial charge in [0.25, 0.3) is 0 Å². The summed E-state index contributed by atoms with van der Waals surface area (Å²) in [5.74, 6) is -0.605. The summed E-state index contributed by atoms with van der Waals surface area (Å²) < 4.78 is 56.2. The van der Waals surface area contributed by atoms with Gasteiger partial charge in [-0.25, -0.2) is 0 Å². The SMILES string of the molecule is CC1OC(OC2C(OC3COC(OC4CCC5(C)C(CCC6(C)C5CCC57OCC8(CCC(C)(C(=O)O)CC85)C(O)CC67C)C4(C)C)C(OC4OC(CO)C(O)C(O)C4O)C3O)OC(CO)C(O)C2O)C(O)C(O)C1O. The molecule has 2 bridgehead atoms. The number of aliphatic hydroxyl groups is 12. The first-order chi connectivity index (χ1) is 35.6. The zero-order chi connectivity index (χ0) is 55.2. The lowest BCUT2D eigenvalue weighted by atomic mass is 9.30. The van der Waals surface area contributed by atoms with Gasteiger partial charge >= 0.3 is 5.97 Å². The third kappa shape index (κ3) is 8.48. The summed E-state index contributed by atoms with van der Waals surface area (Å²) in [6.07, 6.45) is -25.8. The molecule has 10 fully saturated rings. The van der Waals surface area contributed by atoms with Crippen LogP contribution in [-0.2, 0) is 47.4 Å². The molecule has 5 heterocycles. The van der Waals surface area contributed by atoms with Crippen molar-refractivity contribution in [3.05, 3.63) is 0 Å². The van der Waals surface area contributed by atoms with Crippen LogP contribution in [0.5, 0.6) is 0 Å². The average molecular weight is 1090 g/mol. The van der Waals surface area contributed by atoms with Crippen molar-refractivity contribution in [2.24, 2.45) is 50.2 Å². The minimum absolute atomic E-state index is 0.0895. The van der Waals surface area contributed by atoms with E-state index in [4.69, 9.17) is 42.6 Å². The van der Waals surface area contributed by atoms with Crippen molar-refractivity contribution < 1.29 is 114 Å². The Morgan fingerprint density at radius 3 is 1.80 bits per heavy atom. The Morgan fingerprint density at radius 1 is 0.566 bits per heavy atom. The summed E-state index contributed by atoms with van der Waals surface area (Å²) in [6, 6.07) is 0. The van der Waals surface area contributed by atoms with Gasteiger partial charge in [-0.1, -0.05) is 34.6 Å². The molecule has 23 nitrogen and oxygen atoms in total. The quantitative estimate of drug-likeness (QED) is 0.103. The third-order valence-corrected chi connectivity index (χ3v) is 22.5. The van der Waals surface area contributed by atoms with Gasteiger partial charge < -0.3 is 109 Å². The fourth-order valence-corrected chi connectivity index (χ4v) is 17.7. The molecule has 0 radical (unpaired) electrons. The van der Waals surface area contributed by atoms with Crippen molar-refractivity contribution in [1.82, 2.24) is 0 Å². The standard InChI is InChI=1S/C53H86O23/c1-22-31(57)35(61)38(64)42(70-22)76-41-37(63)33(59)24(19-55)72-45(41)73-25-20-68-44(40(34(25)60)75-43-39(65)36(62)32(58)23(18-54)71-43)74-30-10-11-49(5)26(47(30,2)3)8-12-50(6)27(49)9-13-53-28-16-48(4,46(66)67)14-15-52(28,21-69-53)29(56)17-51(50,53)7/h22-45,54-65H,8-21H2,1-7H3,(H,66,67). The zero-order valence-corrected chi connectivity index (χ0v) is 44.7. The second-order valence-corrected chi connectivity index (χ2v) is 26.3. The second-order valence-electron chi connectivity index (χ2n) is 26.3. The second kappa shape index (κ2) is 20.2. The molecule has 0 aromatic carbocycles. The fourth-order valence-electron chi connectivity index (χ4n) is 17.7. The van der Waals surface area contributed by atoms with Crippen LogP contribution in [0.4, 0.5) is 0 Å². The van der Waals surface area contributed by atoms with Crippen LogP contribution >= 0.6 is 0 Å². The highest BCUT2D eigenvalue weighted by atomic mass is 16.8. The lowest BCUT2D eigenvalue weighted by molar-refractivity contribution is -0.394. The van der Waals surface area contributed by atoms with Gasteiger partial charge in [0.1, 0.15) is 85.5 Å². The molecule has 0 aromatic heterocycles. The lowest BCUT2D eigenvalue weighted by Crippen LogP contribution is -2.74. The van der Waals surface area contributed by atoms with E-state index in [-0.39, 0.29) is 28.6 Å². The van der Waals surface area contributed by atoms with Crippen LogP contribution < -0.4 is 0 Å². The topological polar surface area (TPSA) is 363 Å². The molecule has 436 valence electrons. The van der Waals surface area contributed by atoms with Crippen LogP contribution in [0.3, 0.4) is 0 Å². The normalized spacial score (nSPS) is 57.9. The molecule has 0 aromatic rings. The number of aliphatic hydroxyl groups excluding tert-OH is 12. The number of carbonyl (C=O) groups is 1. The molecule has 5 saturated heterocycles. The number of carboxylic acids is 1. The first kappa shape index (κ1) is 57.8. The smallest absolute Gasteiger partial charge is 0.309 e. The van der Waals surface area contributed by atoms with Gasteiger partial charge in [-0.3, -0.25) is 4.79 Å². The number of carboxylic acid groups (broad SMARTS) is 1. The van der Waals surface area contributed by atoms with E-state index in [1.807, 2.05) is 6.92 Å². The minimum Gasteiger partial charge on any atom is -0.481 e. The number of aliphatic carboxylic acids is 1. The van der Waals surface area contributed by atoms with E-state index in [0.29, 0.717) is 38.7 Å². The van der Waals surface area contributed by atoms with Gasteiger partial charge in [0.05, 0.1) is 55.8 Å². The number of hydrogen-bond donors (Lipinski definition) is 13. The highest BCUT2D eigenvalue weighted by molar-refractivity contribution is 5.74. The van der Waals surface area contributed by atoms with Gasteiger partial charge in [0, 0.05) is 10.8 Å². The number of rotatable bonds is 11. The monoisotopic (exact) mass is 1090 g/mol. The van der Waals surface area contributed by atoms with Gasteiger partial charge in [-0.05, 0) is 112 Å². The van der Waals surface area contributed by atoms with Crippen LogP contribution in [-0.4, -0.2) is 233 Å². The van der Waals surface area contributed by atoms with Gasteiger partial charge in [-0.2, -0.15) is 0 Å². The van der Waals surface area contributed by atoms with Crippen LogP contribution in [0.2, 0.25) is 0 Å². The minimum atomic E-state index is -1.90. The summed E-state index contributed by atoms with van der Waals surface area (Å²) in [5, 5.41) is 142. The molecular weight excluding hydrogens is 1000 g/mol. The van der Waals surface area contributed by atoms with E-state index in [1.54, 1.807) is 0 Å². The summed E-state index contributed by atoms with van der Waals surface area (Å²) in [4.78, 5) is 12.8. The van der Waals surface area contributed by atoms with E-state index in [9.17, 15) is 71.2 Å². The van der Waals surface area contributed by atoms with Gasteiger partial charge in [0.15, 0.2) is 25.2 Å². The first-order valence-corrected chi connectivity index (χ1v) is 27.7. The predicted octanol–water partition coefficient (Wildman–Crippen LogP) is -1.62. The highest BCUT2D eigenvalue weighted by Crippen LogP contribution is 2.80. The average Bonchev–Trinajstić information content (AvgIpc) is 3.87. The maximum absolute atomic E-state index is 12.8. The number of fused-ring (bicyclic) bond motifs is 4. The summed E-state index contributed by atoms with van der Waals surface area (Å²) in [7, 11) is 0. The molecule has 30 atom stereocenters. The molecule has 10 rings (SSSR count). The van der Waals surface area contributed by atoms with Crippen molar-refractivity contribution >= 4 is 5.97 Å². The van der Waals surface area contributed by atoms with Crippen molar-refractivity contribution in [2.75, 3.05) is 26.4 Å². The van der Waals surface area contributed by atoms with Crippen molar-refractivity contribution in [1.29, 1.82) is 0 Å². The molecule has 30 unspecified atom stereocenters. The van der Waals surface area contributed by atoms with E-state index in [2.05, 4.69) is 34.6 Å². The molecule has 1 spiro atoms. The first-order valence-electron chi connectivity index (χ1n) is 27.7. The predicted molar refractivity (Wildman–Crippen MR) is 257 cm³/mol. The molecule has 5 saturated carbocycles.